The molecule has 4 N–H and O–H groups in total. The van der Waals surface area contributed by atoms with Crippen LogP contribution < -0.4 is 11.5 Å². The van der Waals surface area contributed by atoms with E-state index in [-0.39, 0.29) is 17.3 Å². The number of aromatic nitrogens is 5. The fourth-order valence-electron chi connectivity index (χ4n) is 1.71. The Bertz CT molecular complexity index is 620. The number of carbonyl (C=O) groups excluding carboxylic acids is 1. The molecule has 19 heavy (non-hydrogen) atoms. The molecular formula is C11H15N7O. The van der Waals surface area contributed by atoms with E-state index in [4.69, 9.17) is 11.5 Å². The monoisotopic (exact) mass is 261 g/mol. The highest BCUT2D eigenvalue weighted by Gasteiger charge is 2.15. The molecule has 2 rings (SSSR count). The highest BCUT2D eigenvalue weighted by Crippen LogP contribution is 2.12. The van der Waals surface area contributed by atoms with Crippen LogP contribution in [0, 0.1) is 0 Å². The van der Waals surface area contributed by atoms with Crippen molar-refractivity contribution in [2.75, 3.05) is 5.73 Å². The molecular weight excluding hydrogens is 246 g/mol. The summed E-state index contributed by atoms with van der Waals surface area (Å²) in [6.45, 7) is 3.97. The lowest BCUT2D eigenvalue weighted by Gasteiger charge is -2.04. The number of hydrogen-bond acceptors (Lipinski definition) is 6. The Kier molecular flexibility index (Phi) is 3.41. The summed E-state index contributed by atoms with van der Waals surface area (Å²) < 4.78 is 1.31. The highest BCUT2D eigenvalue weighted by molar-refractivity contribution is 5.95. The summed E-state index contributed by atoms with van der Waals surface area (Å²) in [4.78, 5) is 15.5. The summed E-state index contributed by atoms with van der Waals surface area (Å²) in [6, 6.07) is 0. The number of nitrogen functional groups attached to an aromatic ring is 1. The summed E-state index contributed by atoms with van der Waals surface area (Å²) in [5, 5.41) is 12.0. The quantitative estimate of drug-likeness (QED) is 0.789. The van der Waals surface area contributed by atoms with Crippen molar-refractivity contribution in [1.82, 2.24) is 25.0 Å². The van der Waals surface area contributed by atoms with E-state index in [0.29, 0.717) is 0 Å². The fourth-order valence-corrected chi connectivity index (χ4v) is 1.71. The topological polar surface area (TPSA) is 126 Å². The van der Waals surface area contributed by atoms with Gasteiger partial charge in [0, 0.05) is 0 Å². The molecule has 0 aliphatic heterocycles. The van der Waals surface area contributed by atoms with Crippen LogP contribution in [0.1, 0.15) is 35.7 Å². The van der Waals surface area contributed by atoms with Crippen LogP contribution in [0.25, 0.3) is 5.95 Å². The van der Waals surface area contributed by atoms with E-state index >= 15 is 0 Å². The Hall–Kier alpha value is -2.51. The second-order valence-electron chi connectivity index (χ2n) is 3.95. The first-order valence-electron chi connectivity index (χ1n) is 5.94. The lowest BCUT2D eigenvalue weighted by atomic mass is 10.2. The molecule has 0 fully saturated rings. The van der Waals surface area contributed by atoms with Gasteiger partial charge in [-0.2, -0.15) is 5.10 Å². The minimum Gasteiger partial charge on any atom is -0.395 e. The third kappa shape index (κ3) is 2.37. The maximum absolute atomic E-state index is 11.1. The molecule has 0 saturated carbocycles. The molecule has 0 unspecified atom stereocenters. The van der Waals surface area contributed by atoms with Crippen LogP contribution in [0.2, 0.25) is 0 Å². The number of nitrogens with two attached hydrogens (primary N) is 2. The van der Waals surface area contributed by atoms with Crippen molar-refractivity contribution in [3.63, 3.8) is 0 Å². The Morgan fingerprint density at radius 3 is 2.47 bits per heavy atom. The number of primary amides is 1. The van der Waals surface area contributed by atoms with E-state index in [2.05, 4.69) is 20.3 Å². The van der Waals surface area contributed by atoms with Gasteiger partial charge in [-0.25, -0.2) is 9.67 Å². The van der Waals surface area contributed by atoms with Crippen LogP contribution in [0.15, 0.2) is 6.20 Å². The van der Waals surface area contributed by atoms with Crippen LogP contribution in [0.4, 0.5) is 5.69 Å². The molecule has 0 radical (unpaired) electrons. The van der Waals surface area contributed by atoms with Crippen LogP contribution in [0.5, 0.6) is 0 Å². The molecule has 0 aliphatic rings. The van der Waals surface area contributed by atoms with Crippen molar-refractivity contribution in [2.45, 2.75) is 26.7 Å². The van der Waals surface area contributed by atoms with Crippen molar-refractivity contribution in [3.8, 4) is 5.95 Å². The van der Waals surface area contributed by atoms with Crippen LogP contribution >= 0.6 is 0 Å². The SMILES string of the molecule is CCc1nnc(-n2cc(N)c(C(N)=O)n2)nc1CC. The number of anilines is 1. The highest BCUT2D eigenvalue weighted by atomic mass is 16.1. The van der Waals surface area contributed by atoms with Gasteiger partial charge >= 0.3 is 0 Å². The van der Waals surface area contributed by atoms with Gasteiger partial charge in [-0.15, -0.1) is 10.2 Å². The number of carbonyl (C=O) groups is 1. The first kappa shape index (κ1) is 12.9. The van der Waals surface area contributed by atoms with Crippen LogP contribution in [-0.2, 0) is 12.8 Å². The number of amides is 1. The maximum Gasteiger partial charge on any atom is 0.271 e. The van der Waals surface area contributed by atoms with E-state index < -0.39 is 5.91 Å². The van der Waals surface area contributed by atoms with Crippen LogP contribution in [-0.4, -0.2) is 30.9 Å². The third-order valence-corrected chi connectivity index (χ3v) is 2.68. The average Bonchev–Trinajstić information content (AvgIpc) is 2.80. The fraction of sp³-hybridized carbons (Fsp3) is 0.364. The van der Waals surface area contributed by atoms with E-state index in [1.54, 1.807) is 0 Å². The second kappa shape index (κ2) is 5.01. The second-order valence-corrected chi connectivity index (χ2v) is 3.95. The molecule has 0 aliphatic carbocycles. The normalized spacial score (nSPS) is 10.6. The molecule has 0 atom stereocenters. The van der Waals surface area contributed by atoms with Gasteiger partial charge in [0.2, 0.25) is 0 Å². The standard InChI is InChI=1S/C11H15N7O/c1-3-7-8(4-2)15-16-11(14-7)18-5-6(12)9(17-18)10(13)19/h5H,3-4,12H2,1-2H3,(H2,13,19). The molecule has 8 heteroatoms. The van der Waals surface area contributed by atoms with Gasteiger partial charge in [0.25, 0.3) is 11.9 Å². The minimum atomic E-state index is -0.690. The lowest BCUT2D eigenvalue weighted by molar-refractivity contribution is 0.0996. The number of hydrogen-bond donors (Lipinski definition) is 2. The lowest BCUT2D eigenvalue weighted by Crippen LogP contribution is -2.15. The molecule has 0 aromatic carbocycles. The Morgan fingerprint density at radius 1 is 1.26 bits per heavy atom. The number of aryl methyl sites for hydroxylation is 2. The first-order chi connectivity index (χ1) is 9.06. The molecule has 8 nitrogen and oxygen atoms in total. The van der Waals surface area contributed by atoms with Gasteiger partial charge in [0.05, 0.1) is 23.3 Å². The zero-order chi connectivity index (χ0) is 14.0. The van der Waals surface area contributed by atoms with Crippen molar-refractivity contribution in [3.05, 3.63) is 23.3 Å². The summed E-state index contributed by atoms with van der Waals surface area (Å²) in [6.07, 6.45) is 2.95. The molecule has 1 amide bonds. The van der Waals surface area contributed by atoms with E-state index in [1.807, 2.05) is 13.8 Å². The summed E-state index contributed by atoms with van der Waals surface area (Å²) in [5.41, 5.74) is 12.7. The molecule has 2 heterocycles. The predicted molar refractivity (Wildman–Crippen MR) is 68.6 cm³/mol. The molecule has 0 spiro atoms. The number of nitrogens with zero attached hydrogens (tertiary/aromatic N) is 5. The zero-order valence-corrected chi connectivity index (χ0v) is 10.8. The predicted octanol–water partition coefficient (Wildman–Crippen LogP) is -0.137. The third-order valence-electron chi connectivity index (χ3n) is 2.68. The minimum absolute atomic E-state index is 0.00113. The van der Waals surface area contributed by atoms with Crippen molar-refractivity contribution in [2.24, 2.45) is 5.73 Å². The average molecular weight is 261 g/mol. The van der Waals surface area contributed by atoms with E-state index in [9.17, 15) is 4.79 Å². The van der Waals surface area contributed by atoms with Crippen molar-refractivity contribution >= 4 is 11.6 Å². The number of rotatable bonds is 4. The molecule has 2 aromatic heterocycles. The van der Waals surface area contributed by atoms with Gasteiger partial charge in [0.15, 0.2) is 5.69 Å². The molecule has 0 bridgehead atoms. The summed E-state index contributed by atoms with van der Waals surface area (Å²) in [5.74, 6) is -0.418. The van der Waals surface area contributed by atoms with Gasteiger partial charge in [-0.05, 0) is 12.8 Å². The first-order valence-corrected chi connectivity index (χ1v) is 5.94. The molecule has 0 saturated heterocycles. The summed E-state index contributed by atoms with van der Waals surface area (Å²) in [7, 11) is 0. The summed E-state index contributed by atoms with van der Waals surface area (Å²) >= 11 is 0. The Balaban J connectivity index is 2.47. The zero-order valence-electron chi connectivity index (χ0n) is 10.8. The molecule has 100 valence electrons. The van der Waals surface area contributed by atoms with Gasteiger partial charge < -0.3 is 11.5 Å². The van der Waals surface area contributed by atoms with Gasteiger partial charge in [-0.1, -0.05) is 13.8 Å². The molecule has 2 aromatic rings. The maximum atomic E-state index is 11.1. The largest absolute Gasteiger partial charge is 0.395 e. The van der Waals surface area contributed by atoms with Gasteiger partial charge in [0.1, 0.15) is 0 Å². The van der Waals surface area contributed by atoms with E-state index in [1.165, 1.54) is 10.9 Å². The smallest absolute Gasteiger partial charge is 0.271 e. The van der Waals surface area contributed by atoms with Crippen LogP contribution in [0.3, 0.4) is 0 Å². The Morgan fingerprint density at radius 2 is 1.95 bits per heavy atom. The Labute approximate surface area is 109 Å². The van der Waals surface area contributed by atoms with E-state index in [0.717, 1.165) is 24.2 Å². The van der Waals surface area contributed by atoms with Gasteiger partial charge in [-0.3, -0.25) is 4.79 Å². The van der Waals surface area contributed by atoms with Crippen molar-refractivity contribution in [1.29, 1.82) is 0 Å². The van der Waals surface area contributed by atoms with Crippen molar-refractivity contribution < 1.29 is 4.79 Å².